The molecule has 0 atom stereocenters. The van der Waals surface area contributed by atoms with Crippen LogP contribution < -0.4 is 20.1 Å². The number of methoxy groups -OCH3 is 2. The molecular weight excluding hydrogens is 303 g/mol. The molecule has 0 aliphatic rings. The van der Waals surface area contributed by atoms with Crippen molar-refractivity contribution in [2.45, 2.75) is 6.92 Å². The van der Waals surface area contributed by atoms with Crippen LogP contribution in [0.15, 0.2) is 36.4 Å². The van der Waals surface area contributed by atoms with E-state index in [1.54, 1.807) is 32.4 Å². The summed E-state index contributed by atoms with van der Waals surface area (Å²) in [5, 5.41) is 6.47. The van der Waals surface area contributed by atoms with Crippen LogP contribution in [-0.4, -0.2) is 19.3 Å². The normalized spacial score (nSPS) is 10.0. The maximum Gasteiger partial charge on any atom is 0.175 e. The van der Waals surface area contributed by atoms with E-state index in [0.717, 1.165) is 11.3 Å². The van der Waals surface area contributed by atoms with Crippen LogP contribution in [0.5, 0.6) is 11.5 Å². The number of rotatable bonds is 4. The summed E-state index contributed by atoms with van der Waals surface area (Å²) in [6, 6.07) is 9.84. The van der Waals surface area contributed by atoms with Crippen molar-refractivity contribution >= 4 is 28.7 Å². The number of hydrogen-bond donors (Lipinski definition) is 2. The quantitative estimate of drug-likeness (QED) is 0.835. The molecule has 22 heavy (non-hydrogen) atoms. The number of ether oxygens (including phenoxy) is 2. The Kier molecular flexibility index (Phi) is 5.16. The van der Waals surface area contributed by atoms with Gasteiger partial charge in [0.15, 0.2) is 5.11 Å². The van der Waals surface area contributed by atoms with Gasteiger partial charge in [0.1, 0.15) is 17.3 Å². The van der Waals surface area contributed by atoms with E-state index in [1.165, 1.54) is 12.1 Å². The molecule has 0 amide bonds. The number of hydrogen-bond acceptors (Lipinski definition) is 3. The Morgan fingerprint density at radius 1 is 1.00 bits per heavy atom. The maximum absolute atomic E-state index is 13.1. The molecule has 2 N–H and O–H groups in total. The molecule has 116 valence electrons. The van der Waals surface area contributed by atoms with Gasteiger partial charge >= 0.3 is 0 Å². The molecule has 0 heterocycles. The minimum Gasteiger partial charge on any atom is -0.497 e. The Labute approximate surface area is 134 Å². The zero-order chi connectivity index (χ0) is 16.1. The van der Waals surface area contributed by atoms with Gasteiger partial charge in [0, 0.05) is 11.8 Å². The number of halogens is 1. The van der Waals surface area contributed by atoms with Crippen LogP contribution in [0, 0.1) is 12.7 Å². The molecule has 0 fully saturated rings. The van der Waals surface area contributed by atoms with E-state index in [2.05, 4.69) is 10.6 Å². The largest absolute Gasteiger partial charge is 0.497 e. The van der Waals surface area contributed by atoms with Gasteiger partial charge in [0.2, 0.25) is 0 Å². The average Bonchev–Trinajstić information content (AvgIpc) is 2.50. The minimum atomic E-state index is -0.279. The molecule has 2 aromatic carbocycles. The van der Waals surface area contributed by atoms with Crippen molar-refractivity contribution in [2.24, 2.45) is 0 Å². The first-order chi connectivity index (χ1) is 10.5. The van der Waals surface area contributed by atoms with Crippen molar-refractivity contribution in [3.8, 4) is 11.5 Å². The van der Waals surface area contributed by atoms with Gasteiger partial charge in [-0.1, -0.05) is 0 Å². The lowest BCUT2D eigenvalue weighted by molar-refractivity contribution is 0.395. The van der Waals surface area contributed by atoms with E-state index in [9.17, 15) is 4.39 Å². The molecule has 2 rings (SSSR count). The Morgan fingerprint density at radius 3 is 2.32 bits per heavy atom. The van der Waals surface area contributed by atoms with E-state index in [4.69, 9.17) is 21.7 Å². The van der Waals surface area contributed by atoms with Gasteiger partial charge < -0.3 is 20.1 Å². The summed E-state index contributed by atoms with van der Waals surface area (Å²) < 4.78 is 23.5. The van der Waals surface area contributed by atoms with Crippen LogP contribution in [0.1, 0.15) is 5.56 Å². The summed E-state index contributed by atoms with van der Waals surface area (Å²) >= 11 is 5.28. The molecule has 0 saturated carbocycles. The summed E-state index contributed by atoms with van der Waals surface area (Å²) in [5.41, 5.74) is 2.22. The predicted molar refractivity (Wildman–Crippen MR) is 90.5 cm³/mol. The van der Waals surface area contributed by atoms with E-state index >= 15 is 0 Å². The first kappa shape index (κ1) is 16.0. The molecule has 0 spiro atoms. The maximum atomic E-state index is 13.1. The van der Waals surface area contributed by atoms with Crippen LogP contribution in [-0.2, 0) is 0 Å². The third-order valence-corrected chi connectivity index (χ3v) is 3.30. The predicted octanol–water partition coefficient (Wildman–Crippen LogP) is 3.96. The van der Waals surface area contributed by atoms with Gasteiger partial charge in [-0.25, -0.2) is 4.39 Å². The Balaban J connectivity index is 2.12. The molecular formula is C16H17FN2O2S. The fraction of sp³-hybridized carbons (Fsp3) is 0.188. The van der Waals surface area contributed by atoms with E-state index in [1.807, 2.05) is 13.0 Å². The highest BCUT2D eigenvalue weighted by Crippen LogP contribution is 2.29. The van der Waals surface area contributed by atoms with Gasteiger partial charge in [-0.2, -0.15) is 0 Å². The summed E-state index contributed by atoms with van der Waals surface area (Å²) in [6.45, 7) is 1.81. The first-order valence-corrected chi connectivity index (χ1v) is 7.00. The van der Waals surface area contributed by atoms with Crippen LogP contribution in [0.25, 0.3) is 0 Å². The summed E-state index contributed by atoms with van der Waals surface area (Å²) in [5.74, 6) is 1.02. The van der Waals surface area contributed by atoms with E-state index in [0.29, 0.717) is 22.3 Å². The van der Waals surface area contributed by atoms with Gasteiger partial charge in [-0.15, -0.1) is 0 Å². The zero-order valence-corrected chi connectivity index (χ0v) is 13.4. The lowest BCUT2D eigenvalue weighted by atomic mass is 10.2. The average molecular weight is 320 g/mol. The van der Waals surface area contributed by atoms with Crippen molar-refractivity contribution < 1.29 is 13.9 Å². The molecule has 6 heteroatoms. The van der Waals surface area contributed by atoms with Gasteiger partial charge in [-0.05, 0) is 55.0 Å². The highest BCUT2D eigenvalue weighted by Gasteiger charge is 2.08. The number of nitrogens with one attached hydrogen (secondary N) is 2. The van der Waals surface area contributed by atoms with Gasteiger partial charge in [0.25, 0.3) is 0 Å². The van der Waals surface area contributed by atoms with E-state index < -0.39 is 0 Å². The van der Waals surface area contributed by atoms with E-state index in [-0.39, 0.29) is 5.82 Å². The second-order valence-electron chi connectivity index (χ2n) is 4.60. The van der Waals surface area contributed by atoms with Crippen molar-refractivity contribution in [3.05, 3.63) is 47.8 Å². The number of aryl methyl sites for hydroxylation is 1. The summed E-state index contributed by atoms with van der Waals surface area (Å²) in [7, 11) is 3.16. The third-order valence-electron chi connectivity index (χ3n) is 3.09. The summed E-state index contributed by atoms with van der Waals surface area (Å²) in [4.78, 5) is 0. The van der Waals surface area contributed by atoms with Crippen LogP contribution in [0.3, 0.4) is 0 Å². The van der Waals surface area contributed by atoms with Crippen LogP contribution >= 0.6 is 12.2 Å². The van der Waals surface area contributed by atoms with Crippen molar-refractivity contribution in [1.82, 2.24) is 0 Å². The SMILES string of the molecule is COc1ccc(NC(=S)Nc2ccc(F)cc2C)c(OC)c1. The second-order valence-corrected chi connectivity index (χ2v) is 5.01. The fourth-order valence-electron chi connectivity index (χ4n) is 1.94. The second kappa shape index (κ2) is 7.09. The highest BCUT2D eigenvalue weighted by atomic mass is 32.1. The standard InChI is InChI=1S/C16H17FN2O2S/c1-10-8-11(17)4-6-13(10)18-16(22)19-14-7-5-12(20-2)9-15(14)21-3/h4-9H,1-3H3,(H2,18,19,22). The first-order valence-electron chi connectivity index (χ1n) is 6.59. The molecule has 4 nitrogen and oxygen atoms in total. The molecule has 0 aliphatic heterocycles. The minimum absolute atomic E-state index is 0.279. The van der Waals surface area contributed by atoms with Crippen molar-refractivity contribution in [2.75, 3.05) is 24.9 Å². The third kappa shape index (κ3) is 3.85. The van der Waals surface area contributed by atoms with Crippen molar-refractivity contribution in [1.29, 1.82) is 0 Å². The van der Waals surface area contributed by atoms with Crippen molar-refractivity contribution in [3.63, 3.8) is 0 Å². The molecule has 0 saturated heterocycles. The monoisotopic (exact) mass is 320 g/mol. The lowest BCUT2D eigenvalue weighted by Crippen LogP contribution is -2.20. The number of anilines is 2. The zero-order valence-electron chi connectivity index (χ0n) is 12.6. The van der Waals surface area contributed by atoms with Crippen LogP contribution in [0.4, 0.5) is 15.8 Å². The number of thiocarbonyl (C=S) groups is 1. The Morgan fingerprint density at radius 2 is 1.68 bits per heavy atom. The summed E-state index contributed by atoms with van der Waals surface area (Å²) in [6.07, 6.45) is 0. The lowest BCUT2D eigenvalue weighted by Gasteiger charge is -2.15. The van der Waals surface area contributed by atoms with Gasteiger partial charge in [-0.3, -0.25) is 0 Å². The molecule has 0 aromatic heterocycles. The molecule has 2 aromatic rings. The molecule has 0 unspecified atom stereocenters. The van der Waals surface area contributed by atoms with Gasteiger partial charge in [0.05, 0.1) is 19.9 Å². The Hall–Kier alpha value is -2.34. The highest BCUT2D eigenvalue weighted by molar-refractivity contribution is 7.80. The number of benzene rings is 2. The molecule has 0 bridgehead atoms. The van der Waals surface area contributed by atoms with Crippen LogP contribution in [0.2, 0.25) is 0 Å². The Bertz CT molecular complexity index is 692. The fourth-order valence-corrected chi connectivity index (χ4v) is 2.16. The smallest absolute Gasteiger partial charge is 0.175 e. The molecule has 0 radical (unpaired) electrons. The topological polar surface area (TPSA) is 42.5 Å². The molecule has 0 aliphatic carbocycles.